The van der Waals surface area contributed by atoms with Crippen LogP contribution in [0.15, 0.2) is 243 Å². The van der Waals surface area contributed by atoms with Crippen LogP contribution in [0.3, 0.4) is 0 Å². The van der Waals surface area contributed by atoms with Crippen molar-refractivity contribution in [1.29, 1.82) is 0 Å². The van der Waals surface area contributed by atoms with Crippen LogP contribution in [0.4, 0.5) is 0 Å². The Balaban J connectivity index is 1.07. The molecule has 0 N–H and O–H groups in total. The molecule has 0 heterocycles. The summed E-state index contributed by atoms with van der Waals surface area (Å²) in [5.74, 6) is 0. The first-order valence-electron chi connectivity index (χ1n) is 24.5. The standard InChI is InChI=1S/C70H40/c1-5-16-41(17-6-1)48-33-49(42-18-7-2-8-19-42)35-51(34-48)50-32-47-29-28-45-30-31-56-68-62(38-52(36-50)63(47)66(45)68)70-65(44-22-11-4-12-23-44)60-39-57-55-27-15-26-54-53-25-14-13-24-46(53)37-59(67(54)55)58(57)40-61(60)64(69(56)70)43-20-9-3-10-21-43/h1-40H. The van der Waals surface area contributed by atoms with E-state index in [4.69, 9.17) is 0 Å². The van der Waals surface area contributed by atoms with Gasteiger partial charge in [-0.3, -0.25) is 0 Å². The Kier molecular flexibility index (Phi) is 7.70. The van der Waals surface area contributed by atoms with Crippen LogP contribution in [-0.2, 0) is 0 Å². The molecule has 16 rings (SSSR count). The predicted octanol–water partition coefficient (Wildman–Crippen LogP) is 19.9. The van der Waals surface area contributed by atoms with E-state index in [0.29, 0.717) is 0 Å². The number of benzene rings is 14. The minimum atomic E-state index is 1.21. The lowest BCUT2D eigenvalue weighted by molar-refractivity contribution is 1.58. The molecule has 0 unspecified atom stereocenters. The van der Waals surface area contributed by atoms with E-state index in [1.165, 1.54) is 163 Å². The fraction of sp³-hybridized carbons (Fsp3) is 0. The van der Waals surface area contributed by atoms with Crippen LogP contribution in [0.2, 0.25) is 0 Å². The highest BCUT2D eigenvalue weighted by molar-refractivity contribution is 6.46. The monoisotopic (exact) mass is 880 g/mol. The second kappa shape index (κ2) is 14.2. The molecule has 0 spiro atoms. The summed E-state index contributed by atoms with van der Waals surface area (Å²) in [5, 5.41) is 26.2. The van der Waals surface area contributed by atoms with Gasteiger partial charge in [0.15, 0.2) is 0 Å². The zero-order chi connectivity index (χ0) is 45.6. The molecule has 0 aromatic heterocycles. The average molecular weight is 881 g/mol. The highest BCUT2D eigenvalue weighted by atomic mass is 14.3. The molecule has 0 radical (unpaired) electrons. The molecule has 0 atom stereocenters. The third-order valence-corrected chi connectivity index (χ3v) is 15.8. The van der Waals surface area contributed by atoms with Crippen molar-refractivity contribution in [1.82, 2.24) is 0 Å². The molecule has 0 heteroatoms. The second-order valence-corrected chi connectivity index (χ2v) is 19.5. The molecule has 0 aliphatic rings. The van der Waals surface area contributed by atoms with Crippen molar-refractivity contribution in [3.05, 3.63) is 243 Å². The van der Waals surface area contributed by atoms with Gasteiger partial charge < -0.3 is 0 Å². The smallest absolute Gasteiger partial charge is 0.000719 e. The molecule has 0 fully saturated rings. The molecule has 320 valence electrons. The van der Waals surface area contributed by atoms with Crippen molar-refractivity contribution in [2.24, 2.45) is 0 Å². The molecule has 0 aliphatic heterocycles. The molecule has 0 aliphatic carbocycles. The largest absolute Gasteiger partial charge is 0.0622 e. The average Bonchev–Trinajstić information content (AvgIpc) is 3.93. The maximum Gasteiger partial charge on any atom is -0.000719 e. The number of hydrogen-bond donors (Lipinski definition) is 0. The summed E-state index contributed by atoms with van der Waals surface area (Å²) in [6, 6.07) is 91.4. The van der Waals surface area contributed by atoms with Gasteiger partial charge in [0.25, 0.3) is 0 Å². The third kappa shape index (κ3) is 5.25. The van der Waals surface area contributed by atoms with Crippen molar-refractivity contribution in [2.75, 3.05) is 0 Å². The molecular formula is C70H40. The van der Waals surface area contributed by atoms with Crippen molar-refractivity contribution < 1.29 is 0 Å². The van der Waals surface area contributed by atoms with Gasteiger partial charge in [-0.05, 0) is 218 Å². The van der Waals surface area contributed by atoms with E-state index in [9.17, 15) is 0 Å². The minimum absolute atomic E-state index is 1.21. The lowest BCUT2D eigenvalue weighted by Gasteiger charge is -2.17. The molecule has 0 bridgehead atoms. The summed E-state index contributed by atoms with van der Waals surface area (Å²) < 4.78 is 0. The van der Waals surface area contributed by atoms with Crippen LogP contribution in [0.5, 0.6) is 0 Å². The molecule has 0 amide bonds. The quantitative estimate of drug-likeness (QED) is 0.151. The first kappa shape index (κ1) is 37.9. The van der Waals surface area contributed by atoms with Gasteiger partial charge in [0, 0.05) is 0 Å². The topological polar surface area (TPSA) is 0 Å². The SMILES string of the molecule is c1ccc(-c2cc(-c3ccccc3)cc(-c3cc4ccc5ccc6c7c(-c8ccccc8)c8cc9c(cc8c(-c8ccccc8)c7c7cc(c3)c4c5c67)c3cccc4c5ccccc5cc9c43)c2)cc1. The Bertz CT molecular complexity index is 4700. The van der Waals surface area contributed by atoms with Gasteiger partial charge in [-0.1, -0.05) is 188 Å². The molecule has 0 saturated carbocycles. The minimum Gasteiger partial charge on any atom is -0.0622 e. The van der Waals surface area contributed by atoms with E-state index in [2.05, 4.69) is 243 Å². The van der Waals surface area contributed by atoms with Crippen LogP contribution < -0.4 is 0 Å². The van der Waals surface area contributed by atoms with Gasteiger partial charge in [-0.25, -0.2) is 0 Å². The summed E-state index contributed by atoms with van der Waals surface area (Å²) in [4.78, 5) is 0. The van der Waals surface area contributed by atoms with Crippen LogP contribution in [0.25, 0.3) is 163 Å². The van der Waals surface area contributed by atoms with Gasteiger partial charge >= 0.3 is 0 Å². The summed E-state index contributed by atoms with van der Waals surface area (Å²) in [7, 11) is 0. The zero-order valence-corrected chi connectivity index (χ0v) is 38.1. The zero-order valence-electron chi connectivity index (χ0n) is 38.1. The van der Waals surface area contributed by atoms with Crippen LogP contribution in [0, 0.1) is 0 Å². The highest BCUT2D eigenvalue weighted by Gasteiger charge is 2.27. The maximum atomic E-state index is 2.55. The van der Waals surface area contributed by atoms with E-state index in [-0.39, 0.29) is 0 Å². The van der Waals surface area contributed by atoms with E-state index >= 15 is 0 Å². The fourth-order valence-electron chi connectivity index (χ4n) is 12.8. The summed E-state index contributed by atoms with van der Waals surface area (Å²) in [5.41, 5.74) is 12.4. The van der Waals surface area contributed by atoms with Gasteiger partial charge in [0.05, 0.1) is 0 Å². The van der Waals surface area contributed by atoms with E-state index < -0.39 is 0 Å². The van der Waals surface area contributed by atoms with Crippen LogP contribution in [-0.4, -0.2) is 0 Å². The second-order valence-electron chi connectivity index (χ2n) is 19.5. The third-order valence-electron chi connectivity index (χ3n) is 15.8. The number of rotatable bonds is 5. The molecule has 70 heavy (non-hydrogen) atoms. The van der Waals surface area contributed by atoms with Crippen molar-refractivity contribution in [3.63, 3.8) is 0 Å². The van der Waals surface area contributed by atoms with Crippen LogP contribution >= 0.6 is 0 Å². The Morgan fingerprint density at radius 2 is 0.600 bits per heavy atom. The van der Waals surface area contributed by atoms with Crippen molar-refractivity contribution >= 4 is 108 Å². The van der Waals surface area contributed by atoms with Gasteiger partial charge in [0.1, 0.15) is 0 Å². The molecule has 0 saturated heterocycles. The normalized spacial score (nSPS) is 12.3. The molecular weight excluding hydrogens is 841 g/mol. The molecule has 16 aromatic rings. The Morgan fingerprint density at radius 3 is 1.24 bits per heavy atom. The van der Waals surface area contributed by atoms with E-state index in [1.807, 2.05) is 0 Å². The summed E-state index contributed by atoms with van der Waals surface area (Å²) in [6.07, 6.45) is 0. The Morgan fingerprint density at radius 1 is 0.143 bits per heavy atom. The lowest BCUT2D eigenvalue weighted by Crippen LogP contribution is -1.90. The first-order chi connectivity index (χ1) is 34.7. The first-order valence-corrected chi connectivity index (χ1v) is 24.5. The van der Waals surface area contributed by atoms with Gasteiger partial charge in [0.2, 0.25) is 0 Å². The van der Waals surface area contributed by atoms with Gasteiger partial charge in [-0.15, -0.1) is 0 Å². The Hall–Kier alpha value is -9.10. The number of fused-ring (bicyclic) bond motifs is 9. The van der Waals surface area contributed by atoms with Crippen LogP contribution in [0.1, 0.15) is 0 Å². The van der Waals surface area contributed by atoms with E-state index in [0.717, 1.165) is 0 Å². The molecule has 16 aromatic carbocycles. The lowest BCUT2D eigenvalue weighted by atomic mass is 9.85. The fourth-order valence-corrected chi connectivity index (χ4v) is 12.8. The Labute approximate surface area is 403 Å². The van der Waals surface area contributed by atoms with Crippen molar-refractivity contribution in [2.45, 2.75) is 0 Å². The summed E-state index contributed by atoms with van der Waals surface area (Å²) >= 11 is 0. The molecule has 0 nitrogen and oxygen atoms in total. The highest BCUT2D eigenvalue weighted by Crippen LogP contribution is 2.55. The summed E-state index contributed by atoms with van der Waals surface area (Å²) in [6.45, 7) is 0. The number of hydrogen-bond acceptors (Lipinski definition) is 0. The van der Waals surface area contributed by atoms with Crippen molar-refractivity contribution in [3.8, 4) is 55.6 Å². The van der Waals surface area contributed by atoms with Gasteiger partial charge in [-0.2, -0.15) is 0 Å². The van der Waals surface area contributed by atoms with E-state index in [1.54, 1.807) is 0 Å². The maximum absolute atomic E-state index is 2.55. The predicted molar refractivity (Wildman–Crippen MR) is 302 cm³/mol.